The molecule has 0 unspecified atom stereocenters. The second kappa shape index (κ2) is 4.74. The average Bonchev–Trinajstić information content (AvgIpc) is 2.78. The molecule has 0 saturated carbocycles. The van der Waals surface area contributed by atoms with Crippen molar-refractivity contribution in [3.63, 3.8) is 0 Å². The van der Waals surface area contributed by atoms with Crippen LogP contribution in [0.3, 0.4) is 0 Å². The molecule has 112 valence electrons. The zero-order valence-corrected chi connectivity index (χ0v) is 10.5. The number of H-pyrrole nitrogens is 1. The fourth-order valence-electron chi connectivity index (χ4n) is 2.15. The number of aromatic amines is 1. The molecule has 1 saturated heterocycles. The predicted octanol–water partition coefficient (Wildman–Crippen LogP) is 0.447. The van der Waals surface area contributed by atoms with Gasteiger partial charge in [0, 0.05) is 11.8 Å². The second-order valence-electron chi connectivity index (χ2n) is 4.74. The van der Waals surface area contributed by atoms with Gasteiger partial charge < -0.3 is 9.84 Å². The Labute approximate surface area is 110 Å². The van der Waals surface area contributed by atoms with Crippen LogP contribution in [-0.2, 0) is 4.74 Å². The number of nitrogens with zero attached hydrogens (tertiary/aromatic N) is 1. The van der Waals surface area contributed by atoms with E-state index in [9.17, 15) is 22.8 Å². The second-order valence-corrected chi connectivity index (χ2v) is 4.74. The fraction of sp³-hybridized carbons (Fsp3) is 0.636. The van der Waals surface area contributed by atoms with Gasteiger partial charge >= 0.3 is 11.9 Å². The molecule has 1 aliphatic rings. The van der Waals surface area contributed by atoms with E-state index in [1.54, 1.807) is 0 Å². The fourth-order valence-corrected chi connectivity index (χ4v) is 2.15. The standard InChI is InChI=1S/C11H13F3N2O4/c1-6-4-16(9(19)15-8(6)18)7-2-3-10(5-17,20-7)11(12,13)14/h4,7,17H,2-3,5H2,1H3,(H,15,18,19)/t7-,10-/m0/s1. The summed E-state index contributed by atoms with van der Waals surface area (Å²) in [6.45, 7) is 0.205. The highest BCUT2D eigenvalue weighted by molar-refractivity contribution is 5.03. The Morgan fingerprint density at radius 3 is 2.70 bits per heavy atom. The lowest BCUT2D eigenvalue weighted by Gasteiger charge is -2.29. The van der Waals surface area contributed by atoms with Gasteiger partial charge in [-0.1, -0.05) is 0 Å². The van der Waals surface area contributed by atoms with Crippen molar-refractivity contribution in [1.29, 1.82) is 0 Å². The van der Waals surface area contributed by atoms with E-state index in [4.69, 9.17) is 9.84 Å². The lowest BCUT2D eigenvalue weighted by Crippen LogP contribution is -2.48. The molecule has 0 amide bonds. The molecule has 2 N–H and O–H groups in total. The van der Waals surface area contributed by atoms with Gasteiger partial charge in [0.05, 0.1) is 6.61 Å². The number of aliphatic hydroxyl groups is 1. The molecule has 6 nitrogen and oxygen atoms in total. The predicted molar refractivity (Wildman–Crippen MR) is 61.3 cm³/mol. The third-order valence-electron chi connectivity index (χ3n) is 3.38. The van der Waals surface area contributed by atoms with Gasteiger partial charge in [-0.25, -0.2) is 4.79 Å². The maximum atomic E-state index is 12.9. The Bertz CT molecular complexity index is 621. The smallest absolute Gasteiger partial charge is 0.393 e. The highest BCUT2D eigenvalue weighted by Crippen LogP contribution is 2.45. The number of aryl methyl sites for hydroxylation is 1. The molecular weight excluding hydrogens is 281 g/mol. The zero-order chi connectivity index (χ0) is 15.1. The molecule has 1 aliphatic heterocycles. The number of aromatic nitrogens is 2. The Morgan fingerprint density at radius 1 is 1.55 bits per heavy atom. The van der Waals surface area contributed by atoms with Crippen LogP contribution in [0.4, 0.5) is 13.2 Å². The maximum Gasteiger partial charge on any atom is 0.419 e. The van der Waals surface area contributed by atoms with Crippen molar-refractivity contribution >= 4 is 0 Å². The van der Waals surface area contributed by atoms with Gasteiger partial charge in [0.2, 0.25) is 0 Å². The number of hydrogen-bond donors (Lipinski definition) is 2. The first-order chi connectivity index (χ1) is 9.20. The van der Waals surface area contributed by atoms with Gasteiger partial charge in [0.25, 0.3) is 5.56 Å². The van der Waals surface area contributed by atoms with Gasteiger partial charge in [-0.15, -0.1) is 0 Å². The van der Waals surface area contributed by atoms with Crippen LogP contribution in [0, 0.1) is 6.92 Å². The van der Waals surface area contributed by atoms with E-state index < -0.39 is 42.3 Å². The van der Waals surface area contributed by atoms with Crippen molar-refractivity contribution in [3.8, 4) is 0 Å². The van der Waals surface area contributed by atoms with Crippen LogP contribution >= 0.6 is 0 Å². The number of nitrogens with one attached hydrogen (secondary N) is 1. The molecule has 0 bridgehead atoms. The summed E-state index contributed by atoms with van der Waals surface area (Å²) in [4.78, 5) is 24.8. The monoisotopic (exact) mass is 294 g/mol. The van der Waals surface area contributed by atoms with Crippen LogP contribution in [0.15, 0.2) is 15.8 Å². The molecular formula is C11H13F3N2O4. The van der Waals surface area contributed by atoms with Gasteiger partial charge in [-0.3, -0.25) is 14.3 Å². The van der Waals surface area contributed by atoms with E-state index in [1.807, 2.05) is 4.98 Å². The van der Waals surface area contributed by atoms with E-state index in [0.29, 0.717) is 0 Å². The highest BCUT2D eigenvalue weighted by atomic mass is 19.4. The average molecular weight is 294 g/mol. The summed E-state index contributed by atoms with van der Waals surface area (Å²) in [5.74, 6) is 0. The minimum absolute atomic E-state index is 0.0918. The summed E-state index contributed by atoms with van der Waals surface area (Å²) in [6, 6.07) is 0. The van der Waals surface area contributed by atoms with Crippen molar-refractivity contribution in [2.75, 3.05) is 6.61 Å². The SMILES string of the molecule is Cc1cn([C@@H]2CC[C@](CO)(C(F)(F)F)O2)c(=O)[nH]c1=O. The molecule has 2 atom stereocenters. The van der Waals surface area contributed by atoms with Crippen LogP contribution in [0.5, 0.6) is 0 Å². The Morgan fingerprint density at radius 2 is 2.20 bits per heavy atom. The van der Waals surface area contributed by atoms with Gasteiger partial charge in [0.15, 0.2) is 5.60 Å². The summed E-state index contributed by atoms with van der Waals surface area (Å²) in [6.07, 6.45) is -5.31. The molecule has 9 heteroatoms. The molecule has 2 rings (SSSR count). The molecule has 1 aromatic rings. The Balaban J connectivity index is 2.37. The number of halogens is 3. The summed E-state index contributed by atoms with van der Waals surface area (Å²) in [7, 11) is 0. The van der Waals surface area contributed by atoms with Crippen molar-refractivity contribution in [3.05, 3.63) is 32.6 Å². The summed E-state index contributed by atoms with van der Waals surface area (Å²) >= 11 is 0. The Kier molecular flexibility index (Phi) is 3.51. The first-order valence-electron chi connectivity index (χ1n) is 5.88. The maximum absolute atomic E-state index is 12.9. The van der Waals surface area contributed by atoms with E-state index in [-0.39, 0.29) is 12.0 Å². The van der Waals surface area contributed by atoms with Crippen molar-refractivity contribution in [1.82, 2.24) is 9.55 Å². The number of rotatable bonds is 2. The third kappa shape index (κ3) is 2.27. The normalized spacial score (nSPS) is 26.9. The molecule has 0 aliphatic carbocycles. The summed E-state index contributed by atoms with van der Waals surface area (Å²) in [5.41, 5.74) is -3.93. The number of ether oxygens (including phenoxy) is 1. The number of aliphatic hydroxyl groups excluding tert-OH is 1. The molecule has 0 radical (unpaired) electrons. The van der Waals surface area contributed by atoms with E-state index in [1.165, 1.54) is 6.92 Å². The molecule has 1 aromatic heterocycles. The van der Waals surface area contributed by atoms with Crippen LogP contribution in [0.1, 0.15) is 24.6 Å². The van der Waals surface area contributed by atoms with Gasteiger partial charge in [0.1, 0.15) is 6.23 Å². The van der Waals surface area contributed by atoms with Crippen LogP contribution in [0.25, 0.3) is 0 Å². The molecule has 0 aromatic carbocycles. The van der Waals surface area contributed by atoms with Crippen molar-refractivity contribution in [2.24, 2.45) is 0 Å². The first-order valence-corrected chi connectivity index (χ1v) is 5.88. The van der Waals surface area contributed by atoms with Crippen molar-refractivity contribution < 1.29 is 23.0 Å². The summed E-state index contributed by atoms with van der Waals surface area (Å²) in [5, 5.41) is 8.99. The van der Waals surface area contributed by atoms with Crippen LogP contribution < -0.4 is 11.2 Å². The van der Waals surface area contributed by atoms with Gasteiger partial charge in [-0.2, -0.15) is 13.2 Å². The quantitative estimate of drug-likeness (QED) is 0.829. The molecule has 0 spiro atoms. The largest absolute Gasteiger partial charge is 0.419 e. The van der Waals surface area contributed by atoms with E-state index >= 15 is 0 Å². The van der Waals surface area contributed by atoms with E-state index in [0.717, 1.165) is 10.8 Å². The molecule has 2 heterocycles. The lowest BCUT2D eigenvalue weighted by atomic mass is 10.0. The summed E-state index contributed by atoms with van der Waals surface area (Å²) < 4.78 is 44.6. The lowest BCUT2D eigenvalue weighted by molar-refractivity contribution is -0.288. The van der Waals surface area contributed by atoms with Crippen molar-refractivity contribution in [2.45, 2.75) is 37.8 Å². The van der Waals surface area contributed by atoms with Crippen LogP contribution in [0.2, 0.25) is 0 Å². The molecule has 1 fully saturated rings. The molecule has 20 heavy (non-hydrogen) atoms. The number of hydrogen-bond acceptors (Lipinski definition) is 4. The zero-order valence-electron chi connectivity index (χ0n) is 10.5. The Hall–Kier alpha value is -1.61. The number of alkyl halides is 3. The minimum atomic E-state index is -4.74. The van der Waals surface area contributed by atoms with Crippen LogP contribution in [-0.4, -0.2) is 33.0 Å². The van der Waals surface area contributed by atoms with E-state index in [2.05, 4.69) is 0 Å². The minimum Gasteiger partial charge on any atom is -0.393 e. The highest BCUT2D eigenvalue weighted by Gasteiger charge is 2.60. The topological polar surface area (TPSA) is 84.3 Å². The first kappa shape index (κ1) is 14.8. The van der Waals surface area contributed by atoms with Gasteiger partial charge in [-0.05, 0) is 19.8 Å². The third-order valence-corrected chi connectivity index (χ3v) is 3.38.